The number of anilines is 2. The Morgan fingerprint density at radius 2 is 1.82 bits per heavy atom. The van der Waals surface area contributed by atoms with Crippen molar-refractivity contribution in [1.29, 1.82) is 0 Å². The van der Waals surface area contributed by atoms with Crippen molar-refractivity contribution in [3.05, 3.63) is 23.8 Å². The first kappa shape index (κ1) is 12.3. The van der Waals surface area contributed by atoms with Gasteiger partial charge in [-0.25, -0.2) is 0 Å². The molecule has 0 saturated carbocycles. The molecule has 2 N–H and O–H groups in total. The van der Waals surface area contributed by atoms with Crippen LogP contribution in [0.15, 0.2) is 18.2 Å². The Hall–Kier alpha value is -1.18. The van der Waals surface area contributed by atoms with Crippen molar-refractivity contribution >= 4 is 11.4 Å². The third-order valence-electron chi connectivity index (χ3n) is 4.43. The molecule has 2 heteroatoms. The van der Waals surface area contributed by atoms with Gasteiger partial charge in [0.2, 0.25) is 0 Å². The minimum absolute atomic E-state index is 0.554. The lowest BCUT2D eigenvalue weighted by atomic mass is 9.75. The molecule has 2 nitrogen and oxygen atoms in total. The summed E-state index contributed by atoms with van der Waals surface area (Å²) in [6.07, 6.45) is 3.57. The molecule has 0 atom stereocenters. The number of rotatable bonds is 4. The zero-order valence-corrected chi connectivity index (χ0v) is 11.3. The van der Waals surface area contributed by atoms with Gasteiger partial charge in [-0.05, 0) is 37.0 Å². The third-order valence-corrected chi connectivity index (χ3v) is 4.43. The number of benzene rings is 1. The Balaban J connectivity index is 2.09. The van der Waals surface area contributed by atoms with E-state index in [2.05, 4.69) is 43.9 Å². The highest BCUT2D eigenvalue weighted by atomic mass is 15.2. The van der Waals surface area contributed by atoms with Crippen LogP contribution in [0.2, 0.25) is 0 Å². The molecule has 1 aromatic carbocycles. The van der Waals surface area contributed by atoms with Gasteiger partial charge in [0.25, 0.3) is 0 Å². The second-order valence-electron chi connectivity index (χ2n) is 5.30. The van der Waals surface area contributed by atoms with Gasteiger partial charge in [0, 0.05) is 29.9 Å². The van der Waals surface area contributed by atoms with Crippen molar-refractivity contribution in [3.8, 4) is 0 Å². The van der Waals surface area contributed by atoms with E-state index in [4.69, 9.17) is 5.73 Å². The maximum absolute atomic E-state index is 6.05. The minimum Gasteiger partial charge on any atom is -0.398 e. The Labute approximate surface area is 105 Å². The molecule has 2 rings (SSSR count). The van der Waals surface area contributed by atoms with Crippen LogP contribution in [-0.2, 0) is 6.42 Å². The third kappa shape index (κ3) is 2.13. The molecule has 1 fully saturated rings. The summed E-state index contributed by atoms with van der Waals surface area (Å²) in [4.78, 5) is 2.45. The minimum atomic E-state index is 0.554. The maximum atomic E-state index is 6.05. The SMILES string of the molecule is CCc1ccc(N2CC(CC)(CC)C2)cc1N. The summed E-state index contributed by atoms with van der Waals surface area (Å²) < 4.78 is 0. The number of hydrogen-bond acceptors (Lipinski definition) is 2. The average Bonchev–Trinajstić information content (AvgIpc) is 2.29. The fraction of sp³-hybridized carbons (Fsp3) is 0.600. The molecule has 1 heterocycles. The molecule has 1 aromatic rings. The molecule has 0 spiro atoms. The molecule has 0 aromatic heterocycles. The number of hydrogen-bond donors (Lipinski definition) is 1. The van der Waals surface area contributed by atoms with Gasteiger partial charge >= 0.3 is 0 Å². The Morgan fingerprint density at radius 1 is 1.18 bits per heavy atom. The lowest BCUT2D eigenvalue weighted by Gasteiger charge is -2.51. The van der Waals surface area contributed by atoms with Gasteiger partial charge < -0.3 is 10.6 Å². The van der Waals surface area contributed by atoms with E-state index in [9.17, 15) is 0 Å². The molecule has 94 valence electrons. The first-order valence-electron chi connectivity index (χ1n) is 6.77. The van der Waals surface area contributed by atoms with Crippen LogP contribution in [-0.4, -0.2) is 13.1 Å². The quantitative estimate of drug-likeness (QED) is 0.806. The maximum Gasteiger partial charge on any atom is 0.0387 e. The van der Waals surface area contributed by atoms with Crippen LogP contribution >= 0.6 is 0 Å². The number of aryl methyl sites for hydroxylation is 1. The monoisotopic (exact) mass is 232 g/mol. The van der Waals surface area contributed by atoms with Gasteiger partial charge in [-0.1, -0.05) is 26.8 Å². The first-order valence-corrected chi connectivity index (χ1v) is 6.77. The summed E-state index contributed by atoms with van der Waals surface area (Å²) in [5.41, 5.74) is 10.1. The predicted molar refractivity (Wildman–Crippen MR) is 75.5 cm³/mol. The van der Waals surface area contributed by atoms with E-state index in [0.717, 1.165) is 12.1 Å². The summed E-state index contributed by atoms with van der Waals surface area (Å²) in [6.45, 7) is 9.12. The summed E-state index contributed by atoms with van der Waals surface area (Å²) >= 11 is 0. The van der Waals surface area contributed by atoms with Crippen LogP contribution in [0, 0.1) is 5.41 Å². The molecule has 1 saturated heterocycles. The molecule has 0 amide bonds. The van der Waals surface area contributed by atoms with E-state index in [-0.39, 0.29) is 0 Å². The van der Waals surface area contributed by atoms with Gasteiger partial charge in [0.1, 0.15) is 0 Å². The summed E-state index contributed by atoms with van der Waals surface area (Å²) in [7, 11) is 0. The summed E-state index contributed by atoms with van der Waals surface area (Å²) in [5.74, 6) is 0. The zero-order valence-electron chi connectivity index (χ0n) is 11.3. The number of nitrogen functional groups attached to an aromatic ring is 1. The van der Waals surface area contributed by atoms with Crippen LogP contribution in [0.4, 0.5) is 11.4 Å². The van der Waals surface area contributed by atoms with E-state index in [1.165, 1.54) is 37.2 Å². The molecule has 1 aliphatic rings. The topological polar surface area (TPSA) is 29.3 Å². The van der Waals surface area contributed by atoms with Gasteiger partial charge in [0.05, 0.1) is 0 Å². The van der Waals surface area contributed by atoms with Crippen LogP contribution in [0.25, 0.3) is 0 Å². The Bertz CT molecular complexity index is 386. The lowest BCUT2D eigenvalue weighted by molar-refractivity contribution is 0.194. The molecule has 0 unspecified atom stereocenters. The lowest BCUT2D eigenvalue weighted by Crippen LogP contribution is -2.55. The number of nitrogens with two attached hydrogens (primary N) is 1. The largest absolute Gasteiger partial charge is 0.398 e. The smallest absolute Gasteiger partial charge is 0.0387 e. The van der Waals surface area contributed by atoms with Crippen molar-refractivity contribution in [3.63, 3.8) is 0 Å². The van der Waals surface area contributed by atoms with Crippen LogP contribution in [0.1, 0.15) is 39.2 Å². The molecule has 0 radical (unpaired) electrons. The van der Waals surface area contributed by atoms with E-state index >= 15 is 0 Å². The fourth-order valence-electron chi connectivity index (χ4n) is 2.74. The van der Waals surface area contributed by atoms with E-state index in [0.29, 0.717) is 5.41 Å². The standard InChI is InChI=1S/C15H24N2/c1-4-12-7-8-13(9-14(12)16)17-10-15(5-2,6-3)11-17/h7-9H,4-6,10-11,16H2,1-3H3. The average molecular weight is 232 g/mol. The van der Waals surface area contributed by atoms with Gasteiger partial charge in [-0.2, -0.15) is 0 Å². The zero-order chi connectivity index (χ0) is 12.5. The Morgan fingerprint density at radius 3 is 2.29 bits per heavy atom. The van der Waals surface area contributed by atoms with Gasteiger partial charge in [-0.3, -0.25) is 0 Å². The van der Waals surface area contributed by atoms with Crippen LogP contribution in [0.3, 0.4) is 0 Å². The highest BCUT2D eigenvalue weighted by molar-refractivity contribution is 5.61. The van der Waals surface area contributed by atoms with E-state index in [1.807, 2.05) is 0 Å². The molecular weight excluding hydrogens is 208 g/mol. The summed E-state index contributed by atoms with van der Waals surface area (Å²) in [6, 6.07) is 6.51. The van der Waals surface area contributed by atoms with Crippen molar-refractivity contribution < 1.29 is 0 Å². The van der Waals surface area contributed by atoms with Crippen LogP contribution in [0.5, 0.6) is 0 Å². The summed E-state index contributed by atoms with van der Waals surface area (Å²) in [5, 5.41) is 0. The van der Waals surface area contributed by atoms with E-state index < -0.39 is 0 Å². The van der Waals surface area contributed by atoms with Crippen molar-refractivity contribution in [2.45, 2.75) is 40.0 Å². The van der Waals surface area contributed by atoms with Crippen molar-refractivity contribution in [2.24, 2.45) is 5.41 Å². The second-order valence-corrected chi connectivity index (χ2v) is 5.30. The highest BCUT2D eigenvalue weighted by Crippen LogP contribution is 2.40. The van der Waals surface area contributed by atoms with Crippen molar-refractivity contribution in [1.82, 2.24) is 0 Å². The highest BCUT2D eigenvalue weighted by Gasteiger charge is 2.39. The predicted octanol–water partition coefficient (Wildman–Crippen LogP) is 3.46. The Kier molecular flexibility index (Phi) is 3.32. The number of nitrogens with zero attached hydrogens (tertiary/aromatic N) is 1. The molecule has 17 heavy (non-hydrogen) atoms. The molecule has 0 aliphatic carbocycles. The van der Waals surface area contributed by atoms with Crippen LogP contribution < -0.4 is 10.6 Å². The van der Waals surface area contributed by atoms with Crippen molar-refractivity contribution in [2.75, 3.05) is 23.7 Å². The van der Waals surface area contributed by atoms with Gasteiger partial charge in [0.15, 0.2) is 0 Å². The van der Waals surface area contributed by atoms with E-state index in [1.54, 1.807) is 0 Å². The first-order chi connectivity index (χ1) is 8.14. The molecule has 0 bridgehead atoms. The normalized spacial score (nSPS) is 17.9. The molecule has 1 aliphatic heterocycles. The second kappa shape index (κ2) is 4.59. The molecular formula is C15H24N2. The van der Waals surface area contributed by atoms with Gasteiger partial charge in [-0.15, -0.1) is 0 Å². The fourth-order valence-corrected chi connectivity index (χ4v) is 2.74.